The zero-order chi connectivity index (χ0) is 25.3. The summed E-state index contributed by atoms with van der Waals surface area (Å²) in [5.74, 6) is -0.445. The molecule has 3 amide bonds. The van der Waals surface area contributed by atoms with Gasteiger partial charge in [-0.1, -0.05) is 24.8 Å². The first-order valence-corrected chi connectivity index (χ1v) is 10.8. The Kier molecular flexibility index (Phi) is 6.26. The monoisotopic (exact) mass is 481 g/mol. The topological polar surface area (TPSA) is 88.5 Å². The highest BCUT2D eigenvalue weighted by atomic mass is 19.4. The van der Waals surface area contributed by atoms with Crippen LogP contribution in [0.15, 0.2) is 72.1 Å². The van der Waals surface area contributed by atoms with E-state index in [9.17, 15) is 22.8 Å². The van der Waals surface area contributed by atoms with Gasteiger partial charge in [0.25, 0.3) is 0 Å². The molecular formula is C25H22F3N5O2. The Labute approximate surface area is 200 Å². The summed E-state index contributed by atoms with van der Waals surface area (Å²) in [5.41, 5.74) is 1.85. The van der Waals surface area contributed by atoms with Gasteiger partial charge >= 0.3 is 12.2 Å². The van der Waals surface area contributed by atoms with E-state index in [-0.39, 0.29) is 12.2 Å². The molecule has 2 aromatic rings. The van der Waals surface area contributed by atoms with Crippen molar-refractivity contribution in [1.82, 2.24) is 15.5 Å². The average Bonchev–Trinajstić information content (AvgIpc) is 2.84. The molecule has 2 aromatic carbocycles. The Balaban J connectivity index is 1.93. The summed E-state index contributed by atoms with van der Waals surface area (Å²) < 4.78 is 40.3. The van der Waals surface area contributed by atoms with Crippen molar-refractivity contribution in [2.75, 3.05) is 25.0 Å². The van der Waals surface area contributed by atoms with E-state index in [0.717, 1.165) is 12.1 Å². The van der Waals surface area contributed by atoms with Gasteiger partial charge in [-0.05, 0) is 35.9 Å². The Morgan fingerprint density at radius 3 is 2.60 bits per heavy atom. The van der Waals surface area contributed by atoms with Gasteiger partial charge in [0, 0.05) is 37.0 Å². The lowest BCUT2D eigenvalue weighted by Gasteiger charge is -2.46. The molecule has 1 atom stereocenters. The van der Waals surface area contributed by atoms with Crippen LogP contribution in [-0.4, -0.2) is 37.0 Å². The standard InChI is InChI=1S/C25H22F3N5O2/c1-15-22-20(10-11-31-15)33(19-5-3-4-18(12-19)25(26,27)28)24(35)32(14-21(34)30-2)23(22)17-8-6-16(13-29)7-9-17/h3-9,12,23,31H,1,10-11,14H2,2H3,(H,30,34)/t23-/m0/s1. The SMILES string of the molecule is C=C1NCCC2=C1[C@H](c1ccc(C#N)cc1)N(CC(=O)NC)C(=O)N2c1cccc(C(F)(F)F)c1. The molecule has 0 radical (unpaired) electrons. The van der Waals surface area contributed by atoms with Gasteiger partial charge in [0.1, 0.15) is 6.54 Å². The van der Waals surface area contributed by atoms with Crippen LogP contribution in [0.4, 0.5) is 23.7 Å². The van der Waals surface area contributed by atoms with Crippen molar-refractivity contribution < 1.29 is 22.8 Å². The summed E-state index contributed by atoms with van der Waals surface area (Å²) in [7, 11) is 1.43. The summed E-state index contributed by atoms with van der Waals surface area (Å²) >= 11 is 0. The van der Waals surface area contributed by atoms with Gasteiger partial charge in [-0.3, -0.25) is 9.69 Å². The quantitative estimate of drug-likeness (QED) is 0.689. The van der Waals surface area contributed by atoms with Crippen LogP contribution >= 0.6 is 0 Å². The molecule has 35 heavy (non-hydrogen) atoms. The molecule has 2 N–H and O–H groups in total. The van der Waals surface area contributed by atoms with E-state index in [0.29, 0.717) is 41.1 Å². The van der Waals surface area contributed by atoms with Gasteiger partial charge in [-0.25, -0.2) is 4.79 Å². The molecule has 2 aliphatic heterocycles. The number of carbonyl (C=O) groups excluding carboxylic acids is 2. The second-order valence-corrected chi connectivity index (χ2v) is 8.12. The minimum absolute atomic E-state index is 0.0483. The molecule has 0 spiro atoms. The second-order valence-electron chi connectivity index (χ2n) is 8.12. The van der Waals surface area contributed by atoms with Crippen molar-refractivity contribution in [3.63, 3.8) is 0 Å². The minimum Gasteiger partial charge on any atom is -0.385 e. The highest BCUT2D eigenvalue weighted by Crippen LogP contribution is 2.44. The van der Waals surface area contributed by atoms with Crippen molar-refractivity contribution in [1.29, 1.82) is 5.26 Å². The summed E-state index contributed by atoms with van der Waals surface area (Å²) in [5, 5.41) is 14.8. The van der Waals surface area contributed by atoms with E-state index < -0.39 is 29.7 Å². The summed E-state index contributed by atoms with van der Waals surface area (Å²) in [6, 6.07) is 11.8. The molecule has 180 valence electrons. The van der Waals surface area contributed by atoms with Crippen LogP contribution in [0.25, 0.3) is 0 Å². The van der Waals surface area contributed by atoms with E-state index in [1.165, 1.54) is 29.0 Å². The van der Waals surface area contributed by atoms with E-state index in [1.54, 1.807) is 24.3 Å². The Bertz CT molecular complexity index is 1260. The van der Waals surface area contributed by atoms with Gasteiger partial charge in [-0.15, -0.1) is 0 Å². The van der Waals surface area contributed by atoms with Crippen LogP contribution < -0.4 is 15.5 Å². The van der Waals surface area contributed by atoms with Crippen LogP contribution in [-0.2, 0) is 11.0 Å². The van der Waals surface area contributed by atoms with E-state index >= 15 is 0 Å². The third-order valence-electron chi connectivity index (χ3n) is 6.01. The zero-order valence-corrected chi connectivity index (χ0v) is 18.8. The number of amides is 3. The molecule has 0 aliphatic carbocycles. The molecule has 2 heterocycles. The number of nitriles is 1. The van der Waals surface area contributed by atoms with Gasteiger partial charge in [-0.2, -0.15) is 18.4 Å². The fourth-order valence-corrected chi connectivity index (χ4v) is 4.37. The Hall–Kier alpha value is -4.26. The van der Waals surface area contributed by atoms with Crippen LogP contribution in [0.3, 0.4) is 0 Å². The maximum Gasteiger partial charge on any atom is 0.416 e. The fourth-order valence-electron chi connectivity index (χ4n) is 4.37. The van der Waals surface area contributed by atoms with Gasteiger partial charge in [0.05, 0.1) is 28.9 Å². The number of hydrogen-bond donors (Lipinski definition) is 2. The third-order valence-corrected chi connectivity index (χ3v) is 6.01. The summed E-state index contributed by atoms with van der Waals surface area (Å²) in [6.45, 7) is 4.19. The molecule has 10 heteroatoms. The summed E-state index contributed by atoms with van der Waals surface area (Å²) in [6.07, 6.45) is -4.23. The average molecular weight is 481 g/mol. The Morgan fingerprint density at radius 1 is 1.26 bits per heavy atom. The predicted octanol–water partition coefficient (Wildman–Crippen LogP) is 4.07. The van der Waals surface area contributed by atoms with E-state index in [2.05, 4.69) is 17.2 Å². The smallest absolute Gasteiger partial charge is 0.385 e. The third kappa shape index (κ3) is 4.45. The molecule has 0 saturated heterocycles. The molecule has 2 aliphatic rings. The molecule has 7 nitrogen and oxygen atoms in total. The van der Waals surface area contributed by atoms with Crippen molar-refractivity contribution >= 4 is 17.6 Å². The normalized spacial score (nSPS) is 18.1. The Morgan fingerprint density at radius 2 is 1.97 bits per heavy atom. The lowest BCUT2D eigenvalue weighted by Crippen LogP contribution is -2.54. The van der Waals surface area contributed by atoms with Crippen LogP contribution in [0, 0.1) is 11.3 Å². The van der Waals surface area contributed by atoms with Crippen molar-refractivity contribution in [3.8, 4) is 6.07 Å². The van der Waals surface area contributed by atoms with Crippen LogP contribution in [0.5, 0.6) is 0 Å². The molecular weight excluding hydrogens is 459 g/mol. The number of alkyl halides is 3. The number of rotatable bonds is 4. The number of hydrogen-bond acceptors (Lipinski definition) is 4. The zero-order valence-electron chi connectivity index (χ0n) is 18.8. The first-order chi connectivity index (χ1) is 16.7. The van der Waals surface area contributed by atoms with E-state index in [4.69, 9.17) is 5.26 Å². The van der Waals surface area contributed by atoms with Crippen LogP contribution in [0.1, 0.15) is 29.2 Å². The number of halogens is 3. The molecule has 0 bridgehead atoms. The number of urea groups is 1. The minimum atomic E-state index is -4.59. The molecule has 4 rings (SSSR count). The van der Waals surface area contributed by atoms with Crippen LogP contribution in [0.2, 0.25) is 0 Å². The molecule has 0 aromatic heterocycles. The molecule has 0 unspecified atom stereocenters. The van der Waals surface area contributed by atoms with Crippen molar-refractivity contribution in [2.24, 2.45) is 0 Å². The highest BCUT2D eigenvalue weighted by Gasteiger charge is 2.44. The van der Waals surface area contributed by atoms with E-state index in [1.807, 2.05) is 6.07 Å². The molecule has 0 fully saturated rings. The first-order valence-electron chi connectivity index (χ1n) is 10.8. The van der Waals surface area contributed by atoms with Gasteiger partial charge in [0.2, 0.25) is 5.91 Å². The van der Waals surface area contributed by atoms with Crippen molar-refractivity contribution in [2.45, 2.75) is 18.6 Å². The lowest BCUT2D eigenvalue weighted by molar-refractivity contribution is -0.137. The molecule has 0 saturated carbocycles. The number of carbonyl (C=O) groups is 2. The number of benzene rings is 2. The van der Waals surface area contributed by atoms with Crippen molar-refractivity contribution in [3.05, 3.63) is 88.8 Å². The highest BCUT2D eigenvalue weighted by molar-refractivity contribution is 5.99. The maximum absolute atomic E-state index is 13.9. The van der Waals surface area contributed by atoms with Gasteiger partial charge < -0.3 is 15.5 Å². The number of anilines is 1. The number of nitrogens with zero attached hydrogens (tertiary/aromatic N) is 3. The predicted molar refractivity (Wildman–Crippen MR) is 123 cm³/mol. The second kappa shape index (κ2) is 9.18. The number of nitrogens with one attached hydrogen (secondary N) is 2. The lowest BCUT2D eigenvalue weighted by atomic mass is 9.87. The first kappa shape index (κ1) is 23.9. The maximum atomic E-state index is 13.9. The number of likely N-dealkylation sites (N-methyl/N-ethyl adjacent to an activating group) is 1. The fraction of sp³-hybridized carbons (Fsp3) is 0.240. The summed E-state index contributed by atoms with van der Waals surface area (Å²) in [4.78, 5) is 28.8. The largest absolute Gasteiger partial charge is 0.416 e. The van der Waals surface area contributed by atoms with Gasteiger partial charge in [0.15, 0.2) is 0 Å².